The zero-order valence-electron chi connectivity index (χ0n) is 10.4. The van der Waals surface area contributed by atoms with Gasteiger partial charge in [0.15, 0.2) is 0 Å². The second kappa shape index (κ2) is 4.51. The molecule has 0 aromatic carbocycles. The number of amides is 2. The van der Waals surface area contributed by atoms with E-state index in [4.69, 9.17) is 5.73 Å². The van der Waals surface area contributed by atoms with Gasteiger partial charge in [0.1, 0.15) is 0 Å². The molecule has 0 aliphatic carbocycles. The highest BCUT2D eigenvalue weighted by atomic mass is 16.2. The fraction of sp³-hybridized carbons (Fsp3) is 0.818. The number of rotatable bonds is 2. The first kappa shape index (κ1) is 13.1. The van der Waals surface area contributed by atoms with Gasteiger partial charge in [-0.05, 0) is 12.3 Å². The first-order chi connectivity index (χ1) is 7.21. The molecular formula is C11H21N3O2. The number of hydrogen-bond donors (Lipinski definition) is 2. The van der Waals surface area contributed by atoms with Crippen LogP contribution < -0.4 is 11.1 Å². The van der Waals surface area contributed by atoms with Gasteiger partial charge < -0.3 is 5.73 Å². The summed E-state index contributed by atoms with van der Waals surface area (Å²) >= 11 is 0. The molecule has 1 rings (SSSR count). The van der Waals surface area contributed by atoms with Crippen molar-refractivity contribution in [2.24, 2.45) is 11.1 Å². The van der Waals surface area contributed by atoms with Gasteiger partial charge in [0.25, 0.3) is 0 Å². The zero-order chi connectivity index (χ0) is 12.5. The Hall–Kier alpha value is -0.940. The largest absolute Gasteiger partial charge is 0.327 e. The van der Waals surface area contributed by atoms with E-state index in [1.807, 2.05) is 11.8 Å². The molecular weight excluding hydrogens is 206 g/mol. The van der Waals surface area contributed by atoms with Gasteiger partial charge in [0.05, 0.1) is 13.1 Å². The Labute approximate surface area is 96.4 Å². The maximum absolute atomic E-state index is 11.3. The number of piperazine rings is 1. The van der Waals surface area contributed by atoms with E-state index in [1.54, 1.807) is 0 Å². The minimum atomic E-state index is -0.244. The van der Waals surface area contributed by atoms with Gasteiger partial charge >= 0.3 is 0 Å². The second-order valence-electron chi connectivity index (χ2n) is 5.55. The van der Waals surface area contributed by atoms with E-state index in [1.165, 1.54) is 0 Å². The number of hydrogen-bond acceptors (Lipinski definition) is 4. The summed E-state index contributed by atoms with van der Waals surface area (Å²) in [6.45, 7) is 8.60. The summed E-state index contributed by atoms with van der Waals surface area (Å²) in [5.74, 6) is -0.489. The van der Waals surface area contributed by atoms with Gasteiger partial charge in [-0.3, -0.25) is 19.8 Å². The zero-order valence-corrected chi connectivity index (χ0v) is 10.4. The van der Waals surface area contributed by atoms with Crippen LogP contribution in [0.15, 0.2) is 0 Å². The molecule has 16 heavy (non-hydrogen) atoms. The van der Waals surface area contributed by atoms with E-state index < -0.39 is 0 Å². The monoisotopic (exact) mass is 227 g/mol. The van der Waals surface area contributed by atoms with Crippen molar-refractivity contribution in [3.63, 3.8) is 0 Å². The summed E-state index contributed by atoms with van der Waals surface area (Å²) in [4.78, 5) is 24.5. The molecule has 5 heteroatoms. The summed E-state index contributed by atoms with van der Waals surface area (Å²) in [5, 5.41) is 2.29. The standard InChI is InChI=1S/C11H21N3O2/c1-7(12)10(11(2,3)4)14-5-8(15)13-9(16)6-14/h7,10H,5-6,12H2,1-4H3,(H,13,15,16). The molecule has 1 heterocycles. The van der Waals surface area contributed by atoms with Crippen molar-refractivity contribution >= 4 is 11.8 Å². The second-order valence-corrected chi connectivity index (χ2v) is 5.55. The van der Waals surface area contributed by atoms with E-state index in [0.717, 1.165) is 0 Å². The van der Waals surface area contributed by atoms with Crippen molar-refractivity contribution in [3.05, 3.63) is 0 Å². The Morgan fingerprint density at radius 2 is 1.69 bits per heavy atom. The molecule has 1 fully saturated rings. The Kier molecular flexibility index (Phi) is 3.70. The maximum atomic E-state index is 11.3. The normalized spacial score (nSPS) is 22.8. The quantitative estimate of drug-likeness (QED) is 0.635. The molecule has 2 unspecified atom stereocenters. The molecule has 2 amide bonds. The Bertz CT molecular complexity index is 278. The maximum Gasteiger partial charge on any atom is 0.240 e. The molecule has 3 N–H and O–H groups in total. The molecule has 0 aromatic rings. The topological polar surface area (TPSA) is 75.4 Å². The fourth-order valence-corrected chi connectivity index (χ4v) is 2.53. The Balaban J connectivity index is 2.87. The highest BCUT2D eigenvalue weighted by Crippen LogP contribution is 2.26. The number of imide groups is 1. The highest BCUT2D eigenvalue weighted by Gasteiger charge is 2.37. The van der Waals surface area contributed by atoms with E-state index in [2.05, 4.69) is 26.1 Å². The van der Waals surface area contributed by atoms with E-state index in [0.29, 0.717) is 0 Å². The van der Waals surface area contributed by atoms with Gasteiger partial charge in [0, 0.05) is 12.1 Å². The van der Waals surface area contributed by atoms with Crippen LogP contribution in [0.5, 0.6) is 0 Å². The lowest BCUT2D eigenvalue weighted by atomic mass is 9.81. The lowest BCUT2D eigenvalue weighted by Gasteiger charge is -2.43. The molecule has 0 spiro atoms. The highest BCUT2D eigenvalue weighted by molar-refractivity contribution is 5.99. The van der Waals surface area contributed by atoms with Gasteiger partial charge in [-0.15, -0.1) is 0 Å². The molecule has 0 saturated carbocycles. The summed E-state index contributed by atoms with van der Waals surface area (Å²) < 4.78 is 0. The molecule has 1 aliphatic rings. The van der Waals surface area contributed by atoms with Crippen molar-refractivity contribution in [1.82, 2.24) is 10.2 Å². The fourth-order valence-electron chi connectivity index (χ4n) is 2.53. The van der Waals surface area contributed by atoms with Crippen molar-refractivity contribution in [2.45, 2.75) is 39.8 Å². The number of nitrogens with one attached hydrogen (secondary N) is 1. The average molecular weight is 227 g/mol. The molecule has 0 aromatic heterocycles. The van der Waals surface area contributed by atoms with Gasteiger partial charge in [-0.1, -0.05) is 20.8 Å². The predicted octanol–water partition coefficient (Wildman–Crippen LogP) is -0.293. The van der Waals surface area contributed by atoms with Crippen LogP contribution in [0.25, 0.3) is 0 Å². The molecule has 0 radical (unpaired) electrons. The lowest BCUT2D eigenvalue weighted by molar-refractivity contribution is -0.138. The lowest BCUT2D eigenvalue weighted by Crippen LogP contribution is -2.61. The number of nitrogens with two attached hydrogens (primary N) is 1. The van der Waals surface area contributed by atoms with Gasteiger partial charge in [0.2, 0.25) is 11.8 Å². The van der Waals surface area contributed by atoms with Gasteiger partial charge in [-0.2, -0.15) is 0 Å². The van der Waals surface area contributed by atoms with Crippen molar-refractivity contribution < 1.29 is 9.59 Å². The molecule has 0 bridgehead atoms. The number of carbonyl (C=O) groups excluding carboxylic acids is 2. The summed E-state index contributed by atoms with van der Waals surface area (Å²) in [6, 6.07) is -0.0683. The van der Waals surface area contributed by atoms with Crippen LogP contribution in [-0.4, -0.2) is 41.9 Å². The smallest absolute Gasteiger partial charge is 0.240 e. The first-order valence-corrected chi connectivity index (χ1v) is 5.54. The minimum absolute atomic E-state index is 0.0162. The molecule has 1 aliphatic heterocycles. The van der Waals surface area contributed by atoms with Crippen LogP contribution in [0.3, 0.4) is 0 Å². The number of nitrogens with zero attached hydrogens (tertiary/aromatic N) is 1. The van der Waals surface area contributed by atoms with E-state index in [9.17, 15) is 9.59 Å². The molecule has 92 valence electrons. The summed E-state index contributed by atoms with van der Waals surface area (Å²) in [6.07, 6.45) is 0. The van der Waals surface area contributed by atoms with Crippen LogP contribution in [-0.2, 0) is 9.59 Å². The van der Waals surface area contributed by atoms with Crippen molar-refractivity contribution in [3.8, 4) is 0 Å². The van der Waals surface area contributed by atoms with Crippen molar-refractivity contribution in [2.75, 3.05) is 13.1 Å². The third-order valence-corrected chi connectivity index (χ3v) is 2.75. The average Bonchev–Trinajstić information content (AvgIpc) is 1.96. The Morgan fingerprint density at radius 1 is 1.25 bits per heavy atom. The van der Waals surface area contributed by atoms with Crippen LogP contribution in [0.4, 0.5) is 0 Å². The first-order valence-electron chi connectivity index (χ1n) is 5.54. The van der Waals surface area contributed by atoms with Crippen LogP contribution >= 0.6 is 0 Å². The third kappa shape index (κ3) is 3.02. The van der Waals surface area contributed by atoms with Crippen LogP contribution in [0.2, 0.25) is 0 Å². The van der Waals surface area contributed by atoms with E-state index in [-0.39, 0.29) is 42.4 Å². The van der Waals surface area contributed by atoms with Crippen LogP contribution in [0.1, 0.15) is 27.7 Å². The SMILES string of the molecule is CC(N)C(N1CC(=O)NC(=O)C1)C(C)(C)C. The third-order valence-electron chi connectivity index (χ3n) is 2.75. The molecule has 2 atom stereocenters. The predicted molar refractivity (Wildman–Crippen MR) is 61.6 cm³/mol. The van der Waals surface area contributed by atoms with Gasteiger partial charge in [-0.25, -0.2) is 0 Å². The Morgan fingerprint density at radius 3 is 2.00 bits per heavy atom. The minimum Gasteiger partial charge on any atom is -0.327 e. The summed E-state index contributed by atoms with van der Waals surface area (Å²) in [7, 11) is 0. The summed E-state index contributed by atoms with van der Waals surface area (Å²) in [5.41, 5.74) is 5.90. The van der Waals surface area contributed by atoms with Crippen LogP contribution in [0, 0.1) is 5.41 Å². The number of carbonyl (C=O) groups is 2. The molecule has 1 saturated heterocycles. The molecule has 5 nitrogen and oxygen atoms in total. The van der Waals surface area contributed by atoms with E-state index >= 15 is 0 Å². The van der Waals surface area contributed by atoms with Crippen molar-refractivity contribution in [1.29, 1.82) is 0 Å².